The van der Waals surface area contributed by atoms with E-state index >= 15 is 0 Å². The van der Waals surface area contributed by atoms with Crippen molar-refractivity contribution in [3.63, 3.8) is 0 Å². The van der Waals surface area contributed by atoms with Gasteiger partial charge in [0, 0.05) is 5.92 Å². The molecule has 0 bridgehead atoms. The lowest BCUT2D eigenvalue weighted by atomic mass is 9.96. The molecule has 0 fully saturated rings. The van der Waals surface area contributed by atoms with Crippen LogP contribution < -0.4 is 0 Å². The molecule has 1 rings (SSSR count). The van der Waals surface area contributed by atoms with Crippen molar-refractivity contribution in [1.29, 1.82) is 0 Å². The number of carbonyl (C=O) groups excluding carboxylic acids is 1. The Kier molecular flexibility index (Phi) is 4.98. The van der Waals surface area contributed by atoms with Gasteiger partial charge in [-0.2, -0.15) is 0 Å². The summed E-state index contributed by atoms with van der Waals surface area (Å²) in [6.45, 7) is 2.14. The minimum atomic E-state index is 0.0809. The fourth-order valence-corrected chi connectivity index (χ4v) is 1.55. The van der Waals surface area contributed by atoms with E-state index in [1.165, 1.54) is 5.56 Å². The highest BCUT2D eigenvalue weighted by atomic mass is 16.1. The lowest BCUT2D eigenvalue weighted by Crippen LogP contribution is -2.05. The third kappa shape index (κ3) is 3.73. The maximum absolute atomic E-state index is 10.7. The van der Waals surface area contributed by atoms with E-state index in [1.54, 1.807) is 0 Å². The van der Waals surface area contributed by atoms with Gasteiger partial charge in [-0.1, -0.05) is 50.1 Å². The quantitative estimate of drug-likeness (QED) is 0.672. The van der Waals surface area contributed by atoms with Crippen LogP contribution in [0.3, 0.4) is 0 Å². The predicted molar refractivity (Wildman–Crippen MR) is 58.9 cm³/mol. The van der Waals surface area contributed by atoms with Crippen LogP contribution in [0.5, 0.6) is 0 Å². The summed E-state index contributed by atoms with van der Waals surface area (Å²) in [5.41, 5.74) is 1.23. The molecule has 1 atom stereocenters. The van der Waals surface area contributed by atoms with Gasteiger partial charge in [0.1, 0.15) is 0 Å². The van der Waals surface area contributed by atoms with Crippen LogP contribution in [0, 0.1) is 5.92 Å². The molecule has 0 saturated carbocycles. The molecular weight excluding hydrogens is 172 g/mol. The van der Waals surface area contributed by atoms with Crippen LogP contribution >= 0.6 is 0 Å². The van der Waals surface area contributed by atoms with E-state index in [2.05, 4.69) is 25.3 Å². The molecule has 1 aromatic carbocycles. The topological polar surface area (TPSA) is 17.1 Å². The highest BCUT2D eigenvalue weighted by Gasteiger charge is 2.08. The van der Waals surface area contributed by atoms with Gasteiger partial charge in [-0.15, -0.1) is 0 Å². The summed E-state index contributed by atoms with van der Waals surface area (Å²) in [7, 11) is 0. The van der Waals surface area contributed by atoms with Crippen molar-refractivity contribution >= 4 is 6.29 Å². The fourth-order valence-electron chi connectivity index (χ4n) is 1.55. The minimum Gasteiger partial charge on any atom is -0.291 e. The number of hydrogen-bond donors (Lipinski definition) is 0. The maximum Gasteiger partial charge on any atom is 0.202 e. The molecule has 0 amide bonds. The lowest BCUT2D eigenvalue weighted by Gasteiger charge is -2.08. The maximum atomic E-state index is 10.7. The summed E-state index contributed by atoms with van der Waals surface area (Å²) in [4.78, 5) is 10.7. The highest BCUT2D eigenvalue weighted by molar-refractivity contribution is 5.55. The van der Waals surface area contributed by atoms with Crippen molar-refractivity contribution in [3.05, 3.63) is 35.9 Å². The third-order valence-electron chi connectivity index (χ3n) is 2.40. The monoisotopic (exact) mass is 189 g/mol. The van der Waals surface area contributed by atoms with E-state index < -0.39 is 0 Å². The second-order valence-electron chi connectivity index (χ2n) is 3.65. The zero-order valence-corrected chi connectivity index (χ0v) is 8.70. The summed E-state index contributed by atoms with van der Waals surface area (Å²) in [5.74, 6) is 0.0809. The van der Waals surface area contributed by atoms with Crippen LogP contribution in [0.15, 0.2) is 30.3 Å². The van der Waals surface area contributed by atoms with Gasteiger partial charge in [0.2, 0.25) is 6.29 Å². The van der Waals surface area contributed by atoms with E-state index in [0.29, 0.717) is 0 Å². The van der Waals surface area contributed by atoms with Crippen LogP contribution in [-0.4, -0.2) is 6.29 Å². The molecule has 1 aromatic rings. The molecule has 0 saturated heterocycles. The average molecular weight is 189 g/mol. The summed E-state index contributed by atoms with van der Waals surface area (Å²) in [6.07, 6.45) is 6.20. The molecular formula is C13H17O. The Labute approximate surface area is 86.1 Å². The van der Waals surface area contributed by atoms with Gasteiger partial charge < -0.3 is 0 Å². The van der Waals surface area contributed by atoms with Crippen LogP contribution in [0.4, 0.5) is 0 Å². The van der Waals surface area contributed by atoms with Crippen LogP contribution in [0.1, 0.15) is 31.7 Å². The lowest BCUT2D eigenvalue weighted by molar-refractivity contribution is 0.495. The molecule has 0 spiro atoms. The Balaban J connectivity index is 2.44. The molecule has 0 aliphatic carbocycles. The second-order valence-corrected chi connectivity index (χ2v) is 3.65. The Morgan fingerprint density at radius 2 is 2.00 bits per heavy atom. The Morgan fingerprint density at radius 1 is 1.29 bits per heavy atom. The van der Waals surface area contributed by atoms with E-state index in [-0.39, 0.29) is 5.92 Å². The normalized spacial score (nSPS) is 12.4. The molecule has 1 radical (unpaired) electrons. The van der Waals surface area contributed by atoms with Gasteiger partial charge in [0.15, 0.2) is 0 Å². The van der Waals surface area contributed by atoms with Crippen molar-refractivity contribution in [2.45, 2.75) is 32.6 Å². The van der Waals surface area contributed by atoms with Crippen LogP contribution in [-0.2, 0) is 11.2 Å². The first-order valence-electron chi connectivity index (χ1n) is 5.28. The largest absolute Gasteiger partial charge is 0.291 e. The van der Waals surface area contributed by atoms with Crippen molar-refractivity contribution in [2.24, 2.45) is 5.92 Å². The van der Waals surface area contributed by atoms with Crippen molar-refractivity contribution in [1.82, 2.24) is 0 Å². The molecule has 14 heavy (non-hydrogen) atoms. The number of hydrogen-bond acceptors (Lipinski definition) is 1. The highest BCUT2D eigenvalue weighted by Crippen LogP contribution is 2.12. The Hall–Kier alpha value is -1.11. The summed E-state index contributed by atoms with van der Waals surface area (Å²) in [5, 5.41) is 0. The van der Waals surface area contributed by atoms with E-state index in [9.17, 15) is 4.79 Å². The first kappa shape index (κ1) is 11.0. The zero-order valence-electron chi connectivity index (χ0n) is 8.70. The summed E-state index contributed by atoms with van der Waals surface area (Å²) in [6, 6.07) is 10.1. The number of rotatable bonds is 6. The molecule has 0 aromatic heterocycles. The summed E-state index contributed by atoms with van der Waals surface area (Å²) >= 11 is 0. The first-order chi connectivity index (χ1) is 6.86. The zero-order chi connectivity index (χ0) is 10.2. The standard InChI is InChI=1S/C13H17O/c1-2-3-7-13(11-14)10-12-8-5-4-6-9-12/h4-6,8-9,13H,2-3,7,10H2,1H3. The molecule has 1 unspecified atom stereocenters. The minimum absolute atomic E-state index is 0.0809. The fraction of sp³-hybridized carbons (Fsp3) is 0.462. The summed E-state index contributed by atoms with van der Waals surface area (Å²) < 4.78 is 0. The predicted octanol–water partition coefficient (Wildman–Crippen LogP) is 3.15. The van der Waals surface area contributed by atoms with E-state index in [0.717, 1.165) is 25.7 Å². The number of unbranched alkanes of at least 4 members (excludes halogenated alkanes) is 1. The van der Waals surface area contributed by atoms with Crippen molar-refractivity contribution < 1.29 is 4.79 Å². The average Bonchev–Trinajstić information content (AvgIpc) is 2.25. The number of benzene rings is 1. The van der Waals surface area contributed by atoms with Crippen LogP contribution in [0.2, 0.25) is 0 Å². The van der Waals surface area contributed by atoms with Gasteiger partial charge in [-0.3, -0.25) is 4.79 Å². The van der Waals surface area contributed by atoms with Crippen LogP contribution in [0.25, 0.3) is 0 Å². The van der Waals surface area contributed by atoms with Gasteiger partial charge in [-0.05, 0) is 18.4 Å². The molecule has 0 aliphatic heterocycles. The van der Waals surface area contributed by atoms with Crippen molar-refractivity contribution in [2.75, 3.05) is 0 Å². The van der Waals surface area contributed by atoms with E-state index in [4.69, 9.17) is 0 Å². The second kappa shape index (κ2) is 6.36. The third-order valence-corrected chi connectivity index (χ3v) is 2.40. The Bertz CT molecular complexity index is 253. The van der Waals surface area contributed by atoms with E-state index in [1.807, 2.05) is 18.2 Å². The first-order valence-corrected chi connectivity index (χ1v) is 5.28. The molecule has 0 aliphatic rings. The van der Waals surface area contributed by atoms with Crippen molar-refractivity contribution in [3.8, 4) is 0 Å². The molecule has 0 heterocycles. The molecule has 0 N–H and O–H groups in total. The Morgan fingerprint density at radius 3 is 2.57 bits per heavy atom. The SMILES string of the molecule is CCCCC([C]=O)Cc1ccccc1. The van der Waals surface area contributed by atoms with Gasteiger partial charge >= 0.3 is 0 Å². The smallest absolute Gasteiger partial charge is 0.202 e. The molecule has 1 nitrogen and oxygen atoms in total. The van der Waals surface area contributed by atoms with Gasteiger partial charge in [-0.25, -0.2) is 0 Å². The molecule has 1 heteroatoms. The molecule has 75 valence electrons. The van der Waals surface area contributed by atoms with Gasteiger partial charge in [0.25, 0.3) is 0 Å². The van der Waals surface area contributed by atoms with Gasteiger partial charge in [0.05, 0.1) is 0 Å².